The van der Waals surface area contributed by atoms with E-state index >= 15 is 0 Å². The summed E-state index contributed by atoms with van der Waals surface area (Å²) in [5.41, 5.74) is 3.03. The molecule has 13 heteroatoms. The fraction of sp³-hybridized carbons (Fsp3) is 0.423. The van der Waals surface area contributed by atoms with Crippen LogP contribution in [-0.4, -0.2) is 102 Å². The molecule has 4 amide bonds. The van der Waals surface area contributed by atoms with Gasteiger partial charge in [-0.15, -0.1) is 0 Å². The van der Waals surface area contributed by atoms with Gasteiger partial charge in [0, 0.05) is 58.2 Å². The summed E-state index contributed by atoms with van der Waals surface area (Å²) in [5.74, 6) is -0.830. The van der Waals surface area contributed by atoms with E-state index in [2.05, 4.69) is 37.6 Å². The number of carbonyl (C=O) groups is 3. The van der Waals surface area contributed by atoms with Crippen LogP contribution in [-0.2, 0) is 11.8 Å². The van der Waals surface area contributed by atoms with Gasteiger partial charge in [0.2, 0.25) is 0 Å². The van der Waals surface area contributed by atoms with Gasteiger partial charge in [-0.3, -0.25) is 19.6 Å². The Morgan fingerprint density at radius 3 is 2.44 bits per heavy atom. The van der Waals surface area contributed by atoms with Gasteiger partial charge < -0.3 is 24.8 Å². The van der Waals surface area contributed by atoms with Crippen LogP contribution in [0, 0.1) is 6.92 Å². The molecule has 5 rings (SSSR count). The first kappa shape index (κ1) is 26.9. The van der Waals surface area contributed by atoms with Crippen molar-refractivity contribution in [2.24, 2.45) is 7.05 Å². The monoisotopic (exact) mass is 554 g/mol. The number of likely N-dealkylation sites (N-methyl/N-ethyl adjacent to an activating group) is 1. The molecule has 2 saturated heterocycles. The number of amides is 4. The van der Waals surface area contributed by atoms with Gasteiger partial charge in [-0.05, 0) is 32.2 Å². The Balaban J connectivity index is 1.36. The van der Waals surface area contributed by atoms with Gasteiger partial charge in [-0.1, -0.05) is 11.6 Å². The fourth-order valence-corrected chi connectivity index (χ4v) is 5.15. The summed E-state index contributed by atoms with van der Waals surface area (Å²) >= 11 is 6.29. The highest BCUT2D eigenvalue weighted by atomic mass is 35.5. The van der Waals surface area contributed by atoms with Gasteiger partial charge in [0.1, 0.15) is 0 Å². The maximum Gasteiger partial charge on any atom is 0.326 e. The molecule has 1 aromatic carbocycles. The molecule has 0 unspecified atom stereocenters. The van der Waals surface area contributed by atoms with Crippen LogP contribution in [0.4, 0.5) is 16.2 Å². The van der Waals surface area contributed by atoms with Crippen molar-refractivity contribution >= 4 is 51.9 Å². The number of hydrogen-bond acceptors (Lipinski definition) is 8. The zero-order valence-electron chi connectivity index (χ0n) is 22.2. The number of morpholine rings is 1. The number of anilines is 2. The summed E-state index contributed by atoms with van der Waals surface area (Å²) in [5, 5.41) is 10.6. The molecule has 0 bridgehead atoms. The molecule has 12 nitrogen and oxygen atoms in total. The Labute approximate surface area is 230 Å². The van der Waals surface area contributed by atoms with Crippen LogP contribution < -0.4 is 15.5 Å². The molecule has 2 N–H and O–H groups in total. The highest BCUT2D eigenvalue weighted by Crippen LogP contribution is 2.32. The van der Waals surface area contributed by atoms with E-state index < -0.39 is 11.9 Å². The van der Waals surface area contributed by atoms with E-state index in [4.69, 9.17) is 16.3 Å². The highest BCUT2D eigenvalue weighted by molar-refractivity contribution is 6.34. The minimum atomic E-state index is -0.737. The molecule has 2 fully saturated rings. The number of aromatic nitrogens is 3. The van der Waals surface area contributed by atoms with Crippen molar-refractivity contribution in [2.45, 2.75) is 6.92 Å². The summed E-state index contributed by atoms with van der Waals surface area (Å²) < 4.78 is 7.00. The lowest BCUT2D eigenvalue weighted by Gasteiger charge is -2.35. The van der Waals surface area contributed by atoms with Crippen LogP contribution in [0.1, 0.15) is 26.4 Å². The third-order valence-corrected chi connectivity index (χ3v) is 7.37. The molecule has 0 aliphatic carbocycles. The molecule has 2 aromatic heterocycles. The molecule has 3 aromatic rings. The largest absolute Gasteiger partial charge is 0.378 e. The Hall–Kier alpha value is -3.74. The number of urea groups is 1. The van der Waals surface area contributed by atoms with Gasteiger partial charge in [0.25, 0.3) is 11.8 Å². The molecule has 0 radical (unpaired) electrons. The third-order valence-electron chi connectivity index (χ3n) is 7.04. The Bertz CT molecular complexity index is 1430. The van der Waals surface area contributed by atoms with Crippen molar-refractivity contribution in [1.82, 2.24) is 29.9 Å². The van der Waals surface area contributed by atoms with Crippen LogP contribution in [0.2, 0.25) is 5.02 Å². The first-order valence-corrected chi connectivity index (χ1v) is 13.2. The van der Waals surface area contributed by atoms with E-state index in [9.17, 15) is 14.4 Å². The molecule has 206 valence electrons. The number of nitrogens with one attached hydrogen (secondary N) is 2. The molecule has 0 atom stereocenters. The van der Waals surface area contributed by atoms with Crippen LogP contribution in [0.5, 0.6) is 0 Å². The average Bonchev–Trinajstić information content (AvgIpc) is 3.22. The van der Waals surface area contributed by atoms with E-state index in [1.807, 2.05) is 14.0 Å². The summed E-state index contributed by atoms with van der Waals surface area (Å²) in [4.78, 5) is 49.7. The number of nitrogens with zero attached hydrogens (tertiary/aromatic N) is 6. The second-order valence-corrected chi connectivity index (χ2v) is 10.1. The molecule has 2 aliphatic heterocycles. The number of ether oxygens (including phenoxy) is 1. The average molecular weight is 555 g/mol. The summed E-state index contributed by atoms with van der Waals surface area (Å²) in [6, 6.07) is 3.89. The number of carbonyl (C=O) groups excluding carboxylic acids is 3. The second kappa shape index (κ2) is 11.2. The van der Waals surface area contributed by atoms with Gasteiger partial charge in [0.05, 0.1) is 46.1 Å². The fourth-order valence-electron chi connectivity index (χ4n) is 4.95. The van der Waals surface area contributed by atoms with E-state index in [1.54, 1.807) is 21.7 Å². The maximum absolute atomic E-state index is 13.4. The molecule has 0 spiro atoms. The number of piperazine rings is 1. The van der Waals surface area contributed by atoms with Crippen molar-refractivity contribution in [3.05, 3.63) is 46.2 Å². The van der Waals surface area contributed by atoms with E-state index in [-0.39, 0.29) is 22.1 Å². The maximum atomic E-state index is 13.4. The number of fused-ring (bicyclic) bond motifs is 1. The molecule has 4 heterocycles. The van der Waals surface area contributed by atoms with Gasteiger partial charge >= 0.3 is 6.03 Å². The normalized spacial score (nSPS) is 16.4. The predicted molar refractivity (Wildman–Crippen MR) is 148 cm³/mol. The molecule has 0 saturated carbocycles. The number of halogens is 1. The summed E-state index contributed by atoms with van der Waals surface area (Å²) in [7, 11) is 3.87. The Kier molecular flexibility index (Phi) is 7.69. The van der Waals surface area contributed by atoms with Crippen molar-refractivity contribution in [3.8, 4) is 0 Å². The number of rotatable bonds is 4. The van der Waals surface area contributed by atoms with Crippen molar-refractivity contribution in [2.75, 3.05) is 69.7 Å². The summed E-state index contributed by atoms with van der Waals surface area (Å²) in [6.07, 6.45) is 1.49. The lowest BCUT2D eigenvalue weighted by atomic mass is 10.1. The van der Waals surface area contributed by atoms with Gasteiger partial charge in [-0.2, -0.15) is 5.10 Å². The van der Waals surface area contributed by atoms with E-state index in [1.165, 1.54) is 12.3 Å². The Morgan fingerprint density at radius 2 is 1.72 bits per heavy atom. The number of hydrogen-bond donors (Lipinski definition) is 2. The molecule has 39 heavy (non-hydrogen) atoms. The van der Waals surface area contributed by atoms with Crippen molar-refractivity contribution in [1.29, 1.82) is 0 Å². The number of benzene rings is 1. The standard InChI is InChI=1S/C26H31ClN8O4/c1-16-21-22(34-8-6-32(2)7-9-34)19(15-28-23(21)33(3)31-16)24(36)30-26(38)29-17-4-5-20(27)18(14-17)25(37)35-10-12-39-13-11-35/h4-5,14-15H,6-13H2,1-3H3,(H2,29,30,36,38). The minimum Gasteiger partial charge on any atom is -0.378 e. The van der Waals surface area contributed by atoms with Crippen LogP contribution in [0.25, 0.3) is 11.0 Å². The van der Waals surface area contributed by atoms with Crippen molar-refractivity contribution < 1.29 is 19.1 Å². The molecular formula is C26H31ClN8O4. The summed E-state index contributed by atoms with van der Waals surface area (Å²) in [6.45, 7) is 6.86. The van der Waals surface area contributed by atoms with Gasteiger partial charge in [0.15, 0.2) is 5.65 Å². The van der Waals surface area contributed by atoms with E-state index in [0.717, 1.165) is 37.3 Å². The lowest BCUT2D eigenvalue weighted by Crippen LogP contribution is -2.45. The quantitative estimate of drug-likeness (QED) is 0.502. The predicted octanol–water partition coefficient (Wildman–Crippen LogP) is 2.12. The minimum absolute atomic E-state index is 0.244. The lowest BCUT2D eigenvalue weighted by molar-refractivity contribution is 0.0303. The highest BCUT2D eigenvalue weighted by Gasteiger charge is 2.27. The number of aryl methyl sites for hydroxylation is 2. The SMILES string of the molecule is Cc1nn(C)c2ncc(C(=O)NC(=O)Nc3ccc(Cl)c(C(=O)N4CCOCC4)c3)c(N3CCN(C)CC3)c12. The topological polar surface area (TPSA) is 125 Å². The molecule has 2 aliphatic rings. The van der Waals surface area contributed by atoms with Crippen LogP contribution >= 0.6 is 11.6 Å². The first-order chi connectivity index (χ1) is 18.7. The first-order valence-electron chi connectivity index (χ1n) is 12.8. The van der Waals surface area contributed by atoms with Gasteiger partial charge in [-0.25, -0.2) is 9.78 Å². The van der Waals surface area contributed by atoms with Crippen LogP contribution in [0.3, 0.4) is 0 Å². The van der Waals surface area contributed by atoms with E-state index in [0.29, 0.717) is 43.3 Å². The van der Waals surface area contributed by atoms with Crippen LogP contribution in [0.15, 0.2) is 24.4 Å². The number of imide groups is 1. The van der Waals surface area contributed by atoms with Crippen molar-refractivity contribution in [3.63, 3.8) is 0 Å². The number of pyridine rings is 1. The zero-order chi connectivity index (χ0) is 27.7. The molecular weight excluding hydrogens is 524 g/mol. The third kappa shape index (κ3) is 5.54. The smallest absolute Gasteiger partial charge is 0.326 e. The Morgan fingerprint density at radius 1 is 1.00 bits per heavy atom. The zero-order valence-corrected chi connectivity index (χ0v) is 22.9. The second-order valence-electron chi connectivity index (χ2n) is 9.73.